The van der Waals surface area contributed by atoms with Gasteiger partial charge in [0.1, 0.15) is 6.04 Å². The van der Waals surface area contributed by atoms with Crippen molar-refractivity contribution in [3.05, 3.63) is 0 Å². The molecule has 18 heavy (non-hydrogen) atoms. The lowest BCUT2D eigenvalue weighted by atomic mass is 10.0. The number of carbonyl (C=O) groups excluding carboxylic acids is 1. The van der Waals surface area contributed by atoms with Gasteiger partial charge in [0.2, 0.25) is 0 Å². The maximum absolute atomic E-state index is 11.9. The predicted molar refractivity (Wildman–Crippen MR) is 73.5 cm³/mol. The van der Waals surface area contributed by atoms with Gasteiger partial charge in [-0.1, -0.05) is 20.8 Å². The molecule has 1 heterocycles. The van der Waals surface area contributed by atoms with E-state index in [4.69, 9.17) is 4.74 Å². The molecule has 3 unspecified atom stereocenters. The lowest BCUT2D eigenvalue weighted by molar-refractivity contribution is -0.146. The van der Waals surface area contributed by atoms with Crippen LogP contribution >= 0.6 is 0 Å². The standard InChI is InChI=1S/C14H28N2O2/c1-5-7-15-13(14(17)18-6-2)10-16-8-11(3)12(4)9-16/h11-13,15H,5-10H2,1-4H3. The lowest BCUT2D eigenvalue weighted by Gasteiger charge is -2.23. The van der Waals surface area contributed by atoms with Crippen LogP contribution in [0.3, 0.4) is 0 Å². The molecule has 4 nitrogen and oxygen atoms in total. The lowest BCUT2D eigenvalue weighted by Crippen LogP contribution is -2.46. The van der Waals surface area contributed by atoms with Crippen molar-refractivity contribution in [2.45, 2.75) is 40.2 Å². The highest BCUT2D eigenvalue weighted by molar-refractivity contribution is 5.76. The van der Waals surface area contributed by atoms with Gasteiger partial charge in [-0.2, -0.15) is 0 Å². The van der Waals surface area contributed by atoms with E-state index in [-0.39, 0.29) is 12.0 Å². The van der Waals surface area contributed by atoms with Crippen LogP contribution in [0.15, 0.2) is 0 Å². The number of hydrogen-bond donors (Lipinski definition) is 1. The first-order chi connectivity index (χ1) is 8.58. The van der Waals surface area contributed by atoms with Crippen molar-refractivity contribution in [2.24, 2.45) is 11.8 Å². The number of hydrogen-bond acceptors (Lipinski definition) is 4. The zero-order chi connectivity index (χ0) is 13.5. The van der Waals surface area contributed by atoms with Crippen LogP contribution in [0.4, 0.5) is 0 Å². The summed E-state index contributed by atoms with van der Waals surface area (Å²) in [7, 11) is 0. The minimum Gasteiger partial charge on any atom is -0.465 e. The van der Waals surface area contributed by atoms with Crippen molar-refractivity contribution < 1.29 is 9.53 Å². The third-order valence-electron chi connectivity index (χ3n) is 3.72. The highest BCUT2D eigenvalue weighted by Crippen LogP contribution is 2.22. The smallest absolute Gasteiger partial charge is 0.324 e. The summed E-state index contributed by atoms with van der Waals surface area (Å²) >= 11 is 0. The number of nitrogens with zero attached hydrogens (tertiary/aromatic N) is 1. The van der Waals surface area contributed by atoms with Gasteiger partial charge in [0.25, 0.3) is 0 Å². The van der Waals surface area contributed by atoms with Crippen LogP contribution in [-0.4, -0.2) is 49.7 Å². The molecule has 0 aromatic heterocycles. The Morgan fingerprint density at radius 1 is 1.33 bits per heavy atom. The number of esters is 1. The SMILES string of the molecule is CCCNC(CN1CC(C)C(C)C1)C(=O)OCC. The molecule has 1 aliphatic rings. The Morgan fingerprint density at radius 2 is 1.94 bits per heavy atom. The molecule has 106 valence electrons. The summed E-state index contributed by atoms with van der Waals surface area (Å²) in [4.78, 5) is 14.3. The van der Waals surface area contributed by atoms with E-state index in [0.29, 0.717) is 6.61 Å². The molecule has 1 aliphatic heterocycles. The van der Waals surface area contributed by atoms with Gasteiger partial charge in [0.15, 0.2) is 0 Å². The second kappa shape index (κ2) is 7.74. The summed E-state index contributed by atoms with van der Waals surface area (Å²) in [6.45, 7) is 12.8. The Morgan fingerprint density at radius 3 is 2.44 bits per heavy atom. The first-order valence-electron chi connectivity index (χ1n) is 7.20. The van der Waals surface area contributed by atoms with Crippen molar-refractivity contribution in [3.8, 4) is 0 Å². The van der Waals surface area contributed by atoms with Gasteiger partial charge < -0.3 is 15.0 Å². The topological polar surface area (TPSA) is 41.6 Å². The van der Waals surface area contributed by atoms with Gasteiger partial charge >= 0.3 is 5.97 Å². The quantitative estimate of drug-likeness (QED) is 0.701. The van der Waals surface area contributed by atoms with Crippen LogP contribution in [0.25, 0.3) is 0 Å². The maximum Gasteiger partial charge on any atom is 0.324 e. The van der Waals surface area contributed by atoms with Crippen LogP contribution in [0.1, 0.15) is 34.1 Å². The van der Waals surface area contributed by atoms with Crippen LogP contribution in [0.2, 0.25) is 0 Å². The molecule has 1 fully saturated rings. The molecule has 0 saturated carbocycles. The zero-order valence-electron chi connectivity index (χ0n) is 12.2. The fraction of sp³-hybridized carbons (Fsp3) is 0.929. The Bertz CT molecular complexity index is 248. The van der Waals surface area contributed by atoms with E-state index in [1.165, 1.54) is 0 Å². The van der Waals surface area contributed by atoms with Gasteiger partial charge in [0, 0.05) is 19.6 Å². The minimum absolute atomic E-state index is 0.113. The van der Waals surface area contributed by atoms with Gasteiger partial charge in [0.05, 0.1) is 6.61 Å². The number of ether oxygens (including phenoxy) is 1. The van der Waals surface area contributed by atoms with E-state index in [0.717, 1.165) is 44.4 Å². The van der Waals surface area contributed by atoms with E-state index in [9.17, 15) is 4.79 Å². The second-order valence-corrected chi connectivity index (χ2v) is 5.43. The molecular weight excluding hydrogens is 228 g/mol. The minimum atomic E-state index is -0.178. The van der Waals surface area contributed by atoms with E-state index >= 15 is 0 Å². The third-order valence-corrected chi connectivity index (χ3v) is 3.72. The van der Waals surface area contributed by atoms with Crippen molar-refractivity contribution in [3.63, 3.8) is 0 Å². The third kappa shape index (κ3) is 4.58. The van der Waals surface area contributed by atoms with Crippen LogP contribution in [-0.2, 0) is 9.53 Å². The van der Waals surface area contributed by atoms with E-state index in [2.05, 4.69) is 31.0 Å². The molecule has 0 aromatic rings. The van der Waals surface area contributed by atoms with E-state index in [1.807, 2.05) is 6.92 Å². The summed E-state index contributed by atoms with van der Waals surface area (Å²) in [5.41, 5.74) is 0. The summed E-state index contributed by atoms with van der Waals surface area (Å²) in [6.07, 6.45) is 1.03. The monoisotopic (exact) mass is 256 g/mol. The Hall–Kier alpha value is -0.610. The van der Waals surface area contributed by atoms with Gasteiger partial charge in [-0.05, 0) is 31.7 Å². The Balaban J connectivity index is 2.47. The first-order valence-corrected chi connectivity index (χ1v) is 7.20. The fourth-order valence-electron chi connectivity index (χ4n) is 2.44. The number of rotatable bonds is 7. The highest BCUT2D eigenvalue weighted by atomic mass is 16.5. The second-order valence-electron chi connectivity index (χ2n) is 5.43. The molecule has 0 amide bonds. The average molecular weight is 256 g/mol. The molecule has 4 heteroatoms. The number of likely N-dealkylation sites (tertiary alicyclic amines) is 1. The summed E-state index contributed by atoms with van der Waals surface area (Å²) in [5.74, 6) is 1.33. The molecule has 0 bridgehead atoms. The van der Waals surface area contributed by atoms with Gasteiger partial charge in [-0.25, -0.2) is 0 Å². The molecule has 3 atom stereocenters. The first kappa shape index (κ1) is 15.4. The molecule has 0 aliphatic carbocycles. The molecule has 0 radical (unpaired) electrons. The van der Waals surface area contributed by atoms with E-state index in [1.54, 1.807) is 0 Å². The van der Waals surface area contributed by atoms with Crippen LogP contribution in [0.5, 0.6) is 0 Å². The van der Waals surface area contributed by atoms with Crippen LogP contribution in [0, 0.1) is 11.8 Å². The molecule has 0 spiro atoms. The normalized spacial score (nSPS) is 26.2. The molecule has 0 aromatic carbocycles. The van der Waals surface area contributed by atoms with Crippen molar-refractivity contribution in [1.82, 2.24) is 10.2 Å². The maximum atomic E-state index is 11.9. The Kier molecular flexibility index (Phi) is 6.65. The predicted octanol–water partition coefficient (Wildman–Crippen LogP) is 1.51. The number of nitrogens with one attached hydrogen (secondary N) is 1. The zero-order valence-corrected chi connectivity index (χ0v) is 12.2. The number of carbonyl (C=O) groups is 1. The van der Waals surface area contributed by atoms with Crippen molar-refractivity contribution in [2.75, 3.05) is 32.8 Å². The fourth-order valence-corrected chi connectivity index (χ4v) is 2.44. The van der Waals surface area contributed by atoms with E-state index < -0.39 is 0 Å². The summed E-state index contributed by atoms with van der Waals surface area (Å²) in [5, 5.41) is 3.29. The molecular formula is C14H28N2O2. The van der Waals surface area contributed by atoms with Crippen molar-refractivity contribution in [1.29, 1.82) is 0 Å². The van der Waals surface area contributed by atoms with Crippen LogP contribution < -0.4 is 5.32 Å². The van der Waals surface area contributed by atoms with Gasteiger partial charge in [-0.15, -0.1) is 0 Å². The average Bonchev–Trinajstić information content (AvgIpc) is 2.64. The molecule has 1 N–H and O–H groups in total. The van der Waals surface area contributed by atoms with Gasteiger partial charge in [-0.3, -0.25) is 4.79 Å². The van der Waals surface area contributed by atoms with Crippen molar-refractivity contribution >= 4 is 5.97 Å². The largest absolute Gasteiger partial charge is 0.465 e. The Labute approximate surface area is 111 Å². The summed E-state index contributed by atoms with van der Waals surface area (Å²) < 4.78 is 5.14. The molecule has 1 saturated heterocycles. The summed E-state index contributed by atoms with van der Waals surface area (Å²) in [6, 6.07) is -0.178. The molecule has 1 rings (SSSR count). The highest BCUT2D eigenvalue weighted by Gasteiger charge is 2.30.